The van der Waals surface area contributed by atoms with E-state index in [1.807, 2.05) is 0 Å². The first-order valence-electron chi connectivity index (χ1n) is 8.39. The highest BCUT2D eigenvalue weighted by atomic mass is 127. The molecule has 0 aliphatic carbocycles. The first kappa shape index (κ1) is 24.2. The summed E-state index contributed by atoms with van der Waals surface area (Å²) in [6.45, 7) is 1.04. The maximum atomic E-state index is 13.7. The molecule has 0 aliphatic heterocycles. The number of hydrogen-bond acceptors (Lipinski definition) is 4. The molecule has 154 valence electrons. The van der Waals surface area contributed by atoms with Gasteiger partial charge >= 0.3 is 0 Å². The molecule has 0 amide bonds. The highest BCUT2D eigenvalue weighted by Crippen LogP contribution is 2.17. The van der Waals surface area contributed by atoms with Crippen molar-refractivity contribution in [3.05, 3.63) is 59.4 Å². The van der Waals surface area contributed by atoms with Gasteiger partial charge in [-0.15, -0.1) is 24.0 Å². The molecule has 2 rings (SSSR count). The Hall–Kier alpha value is -1.88. The predicted octanol–water partition coefficient (Wildman–Crippen LogP) is 2.76. The Morgan fingerprint density at radius 2 is 1.75 bits per heavy atom. The first-order chi connectivity index (χ1) is 12.8. The second-order valence-electron chi connectivity index (χ2n) is 5.99. The molecule has 0 bridgehead atoms. The van der Waals surface area contributed by atoms with Crippen molar-refractivity contribution in [1.82, 2.24) is 10.6 Å². The van der Waals surface area contributed by atoms with Gasteiger partial charge in [0, 0.05) is 26.4 Å². The molecular weight excluding hydrogens is 496 g/mol. The molecule has 0 heterocycles. The number of nitrogens with zero attached hydrogens (tertiary/aromatic N) is 1. The molecule has 0 unspecified atom stereocenters. The van der Waals surface area contributed by atoms with E-state index in [-0.39, 0.29) is 29.7 Å². The number of sulfone groups is 1. The summed E-state index contributed by atoms with van der Waals surface area (Å²) in [5, 5.41) is 6.29. The zero-order chi connectivity index (χ0) is 19.9. The minimum Gasteiger partial charge on any atom is -0.494 e. The minimum atomic E-state index is -3.18. The third-order valence-corrected chi connectivity index (χ3v) is 5.09. The van der Waals surface area contributed by atoms with Crippen molar-refractivity contribution in [3.8, 4) is 5.75 Å². The molecule has 6 nitrogen and oxygen atoms in total. The van der Waals surface area contributed by atoms with Crippen LogP contribution in [0.2, 0.25) is 0 Å². The molecule has 0 aromatic heterocycles. The number of ether oxygens (including phenoxy) is 1. The highest BCUT2D eigenvalue weighted by molar-refractivity contribution is 14.0. The van der Waals surface area contributed by atoms with Crippen LogP contribution in [0.15, 0.2) is 52.4 Å². The van der Waals surface area contributed by atoms with E-state index in [0.717, 1.165) is 11.1 Å². The largest absolute Gasteiger partial charge is 0.494 e. The molecule has 0 spiro atoms. The van der Waals surface area contributed by atoms with Crippen LogP contribution in [0.1, 0.15) is 11.1 Å². The van der Waals surface area contributed by atoms with E-state index in [9.17, 15) is 12.8 Å². The summed E-state index contributed by atoms with van der Waals surface area (Å²) in [6.07, 6.45) is 1.90. The normalized spacial score (nSPS) is 11.5. The van der Waals surface area contributed by atoms with Crippen molar-refractivity contribution in [2.45, 2.75) is 17.9 Å². The topological polar surface area (TPSA) is 79.8 Å². The Labute approximate surface area is 182 Å². The average Bonchev–Trinajstić information content (AvgIpc) is 2.64. The number of hydrogen-bond donors (Lipinski definition) is 2. The number of benzene rings is 2. The summed E-state index contributed by atoms with van der Waals surface area (Å²) in [6, 6.07) is 11.6. The monoisotopic (exact) mass is 521 g/mol. The van der Waals surface area contributed by atoms with E-state index in [0.29, 0.717) is 30.4 Å². The summed E-state index contributed by atoms with van der Waals surface area (Å²) in [7, 11) is -0.0931. The van der Waals surface area contributed by atoms with Gasteiger partial charge in [0.15, 0.2) is 27.4 Å². The van der Waals surface area contributed by atoms with E-state index < -0.39 is 15.7 Å². The van der Waals surface area contributed by atoms with Gasteiger partial charge in [-0.05, 0) is 41.8 Å². The number of halogens is 2. The predicted molar refractivity (Wildman–Crippen MR) is 120 cm³/mol. The highest BCUT2D eigenvalue weighted by Gasteiger charge is 2.07. The van der Waals surface area contributed by atoms with Crippen LogP contribution in [0.4, 0.5) is 4.39 Å². The molecule has 0 saturated carbocycles. The van der Waals surface area contributed by atoms with Crippen molar-refractivity contribution in [1.29, 1.82) is 0 Å². The van der Waals surface area contributed by atoms with E-state index >= 15 is 0 Å². The Balaban J connectivity index is 0.00000392. The summed E-state index contributed by atoms with van der Waals surface area (Å²) in [4.78, 5) is 4.44. The fraction of sp³-hybridized carbons (Fsp3) is 0.316. The molecule has 2 aromatic carbocycles. The van der Waals surface area contributed by atoms with Gasteiger partial charge in [-0.25, -0.2) is 12.8 Å². The minimum absolute atomic E-state index is 0. The smallest absolute Gasteiger partial charge is 0.191 e. The van der Waals surface area contributed by atoms with Crippen molar-refractivity contribution in [2.24, 2.45) is 4.99 Å². The molecule has 2 aromatic rings. The van der Waals surface area contributed by atoms with Crippen molar-refractivity contribution < 1.29 is 17.5 Å². The van der Waals surface area contributed by atoms with E-state index in [1.165, 1.54) is 19.4 Å². The van der Waals surface area contributed by atoms with Crippen LogP contribution < -0.4 is 15.4 Å². The van der Waals surface area contributed by atoms with E-state index in [4.69, 9.17) is 4.74 Å². The molecule has 0 saturated heterocycles. The lowest BCUT2D eigenvalue weighted by molar-refractivity contribution is 0.386. The van der Waals surface area contributed by atoms with Crippen molar-refractivity contribution >= 4 is 39.8 Å². The lowest BCUT2D eigenvalue weighted by Crippen LogP contribution is -2.37. The Morgan fingerprint density at radius 1 is 1.11 bits per heavy atom. The van der Waals surface area contributed by atoms with Gasteiger partial charge in [0.05, 0.1) is 12.0 Å². The fourth-order valence-corrected chi connectivity index (χ4v) is 3.09. The molecular formula is C19H25FIN3O3S. The van der Waals surface area contributed by atoms with Crippen LogP contribution in [0.5, 0.6) is 5.75 Å². The zero-order valence-corrected chi connectivity index (χ0v) is 19.2. The second kappa shape index (κ2) is 11.2. The van der Waals surface area contributed by atoms with Crippen LogP contribution >= 0.6 is 24.0 Å². The van der Waals surface area contributed by atoms with Crippen molar-refractivity contribution in [2.75, 3.05) is 27.0 Å². The maximum absolute atomic E-state index is 13.7. The van der Waals surface area contributed by atoms with Gasteiger partial charge < -0.3 is 15.4 Å². The van der Waals surface area contributed by atoms with E-state index in [2.05, 4.69) is 15.6 Å². The molecule has 0 atom stereocenters. The Kier molecular flexibility index (Phi) is 9.66. The Bertz CT molecular complexity index is 903. The third kappa shape index (κ3) is 7.27. The molecule has 9 heteroatoms. The number of rotatable bonds is 7. The van der Waals surface area contributed by atoms with Crippen LogP contribution in [0.25, 0.3) is 0 Å². The van der Waals surface area contributed by atoms with Gasteiger partial charge in [0.2, 0.25) is 0 Å². The summed E-state index contributed by atoms with van der Waals surface area (Å²) in [5.41, 5.74) is 1.79. The second-order valence-corrected chi connectivity index (χ2v) is 8.00. The van der Waals surface area contributed by atoms with Crippen LogP contribution in [-0.4, -0.2) is 41.3 Å². The Morgan fingerprint density at radius 3 is 2.29 bits per heavy atom. The molecule has 0 fully saturated rings. The maximum Gasteiger partial charge on any atom is 0.191 e. The van der Waals surface area contributed by atoms with Gasteiger partial charge in [-0.2, -0.15) is 0 Å². The number of nitrogens with one attached hydrogen (secondary N) is 2. The average molecular weight is 521 g/mol. The van der Waals surface area contributed by atoms with Crippen LogP contribution in [0, 0.1) is 5.82 Å². The summed E-state index contributed by atoms with van der Waals surface area (Å²) in [5.74, 6) is 0.402. The number of aliphatic imine (C=N–C) groups is 1. The van der Waals surface area contributed by atoms with Crippen LogP contribution in [0.3, 0.4) is 0 Å². The molecule has 0 radical (unpaired) electrons. The standard InChI is InChI=1S/C19H24FN3O3S.HI/c1-21-19(23-13-15-6-9-18(26-2)17(20)12-15)22-11-10-14-4-7-16(8-5-14)27(3,24)25;/h4-9,12H,10-11,13H2,1-3H3,(H2,21,22,23);1H. The van der Waals surface area contributed by atoms with Crippen LogP contribution in [-0.2, 0) is 22.8 Å². The molecule has 2 N–H and O–H groups in total. The quantitative estimate of drug-likeness (QED) is 0.333. The summed E-state index contributed by atoms with van der Waals surface area (Å²) >= 11 is 0. The molecule has 0 aliphatic rings. The zero-order valence-electron chi connectivity index (χ0n) is 16.0. The molecule has 28 heavy (non-hydrogen) atoms. The summed E-state index contributed by atoms with van der Waals surface area (Å²) < 4.78 is 41.5. The third-order valence-electron chi connectivity index (χ3n) is 3.96. The van der Waals surface area contributed by atoms with Gasteiger partial charge in [0.25, 0.3) is 0 Å². The lowest BCUT2D eigenvalue weighted by atomic mass is 10.1. The number of methoxy groups -OCH3 is 1. The lowest BCUT2D eigenvalue weighted by Gasteiger charge is -2.12. The van der Waals surface area contributed by atoms with Gasteiger partial charge in [0.1, 0.15) is 0 Å². The van der Waals surface area contributed by atoms with Crippen molar-refractivity contribution in [3.63, 3.8) is 0 Å². The van der Waals surface area contributed by atoms with Gasteiger partial charge in [-0.1, -0.05) is 18.2 Å². The van der Waals surface area contributed by atoms with Gasteiger partial charge in [-0.3, -0.25) is 4.99 Å². The first-order valence-corrected chi connectivity index (χ1v) is 10.3. The van der Waals surface area contributed by atoms with E-state index in [1.54, 1.807) is 43.4 Å². The fourth-order valence-electron chi connectivity index (χ4n) is 2.45. The number of guanidine groups is 1. The SMILES string of the molecule is CN=C(NCCc1ccc(S(C)(=O)=O)cc1)NCc1ccc(OC)c(F)c1.I.